The van der Waals surface area contributed by atoms with E-state index in [0.29, 0.717) is 0 Å². The van der Waals surface area contributed by atoms with Gasteiger partial charge in [0, 0.05) is 0 Å². The van der Waals surface area contributed by atoms with Crippen LogP contribution in [0.15, 0.2) is 0 Å². The summed E-state index contributed by atoms with van der Waals surface area (Å²) in [5, 5.41) is 102. The third kappa shape index (κ3) is 6.14. The predicted molar refractivity (Wildman–Crippen MR) is 114 cm³/mol. The molecule has 10 N–H and O–H groups in total. The molecule has 4 rings (SSSR count). The minimum Gasteiger partial charge on any atom is -0.388 e. The molecule has 0 aliphatic carbocycles. The van der Waals surface area contributed by atoms with Crippen LogP contribution in [0, 0.1) is 0 Å². The maximum atomic E-state index is 10.8. The van der Waals surface area contributed by atoms with E-state index in [1.807, 2.05) is 0 Å². The molecule has 0 aromatic rings. The Balaban J connectivity index is 1.37. The molecular weight excluding hydrogens is 524 g/mol. The van der Waals surface area contributed by atoms with Gasteiger partial charge in [-0.25, -0.2) is 0 Å². The molecule has 17 nitrogen and oxygen atoms in total. The lowest BCUT2D eigenvalue weighted by molar-refractivity contribution is -0.374. The van der Waals surface area contributed by atoms with Crippen molar-refractivity contribution in [1.29, 1.82) is 0 Å². The highest BCUT2D eigenvalue weighted by Gasteiger charge is 2.51. The molecule has 4 fully saturated rings. The molecule has 4 aliphatic rings. The summed E-state index contributed by atoms with van der Waals surface area (Å²) in [5.41, 5.74) is 0. The highest BCUT2D eigenvalue weighted by molar-refractivity contribution is 4.94. The van der Waals surface area contributed by atoms with Crippen molar-refractivity contribution in [1.82, 2.24) is 0 Å². The summed E-state index contributed by atoms with van der Waals surface area (Å²) in [4.78, 5) is 0. The van der Waals surface area contributed by atoms with Gasteiger partial charge in [-0.15, -0.1) is 0 Å². The average molecular weight is 561 g/mol. The second kappa shape index (κ2) is 12.5. The molecule has 0 amide bonds. The lowest BCUT2D eigenvalue weighted by Gasteiger charge is -2.46. The smallest absolute Gasteiger partial charge is 0.187 e. The number of hydrogen-bond acceptors (Lipinski definition) is 17. The molecule has 17 heteroatoms. The quantitative estimate of drug-likeness (QED) is 0.145. The van der Waals surface area contributed by atoms with Gasteiger partial charge in [-0.1, -0.05) is 0 Å². The van der Waals surface area contributed by atoms with Gasteiger partial charge in [-0.3, -0.25) is 0 Å². The molecular formula is C21H36O17. The fourth-order valence-electron chi connectivity index (χ4n) is 4.66. The van der Waals surface area contributed by atoms with E-state index >= 15 is 0 Å². The van der Waals surface area contributed by atoms with Crippen molar-refractivity contribution in [3.63, 3.8) is 0 Å². The summed E-state index contributed by atoms with van der Waals surface area (Å²) in [6.07, 6.45) is -25.7. The van der Waals surface area contributed by atoms with E-state index in [1.54, 1.807) is 0 Å². The van der Waals surface area contributed by atoms with Gasteiger partial charge >= 0.3 is 0 Å². The van der Waals surface area contributed by atoms with Crippen LogP contribution in [0.4, 0.5) is 0 Å². The number of ether oxygens (including phenoxy) is 7. The van der Waals surface area contributed by atoms with E-state index in [1.165, 1.54) is 6.92 Å². The average Bonchev–Trinajstić information content (AvgIpc) is 2.88. The zero-order chi connectivity index (χ0) is 27.9. The Labute approximate surface area is 216 Å². The van der Waals surface area contributed by atoms with Crippen LogP contribution in [-0.2, 0) is 33.2 Å². The standard InChI is InChI=1S/C21H36O17/c1-5-15(11(27)13(29)21(35-5)38-17-10(26)7(23)2-32-18(17)31)36-20-14(30)16(8(24)4-34-20)37-19-12(28)9(25)6(22)3-33-19/h5-31H,2-4H2,1H3/t5-,6+,7+,8-,9-,10-,11-,12+,13+,14+,15-,16-,17+,18+,19-,20-,21-/m0/s1. The number of aliphatic hydroxyl groups is 10. The number of rotatable bonds is 6. The Morgan fingerprint density at radius 1 is 0.474 bits per heavy atom. The van der Waals surface area contributed by atoms with Gasteiger partial charge in [0.15, 0.2) is 25.2 Å². The maximum Gasteiger partial charge on any atom is 0.187 e. The van der Waals surface area contributed by atoms with Gasteiger partial charge in [0.2, 0.25) is 0 Å². The second-order valence-electron chi connectivity index (χ2n) is 9.78. The second-order valence-corrected chi connectivity index (χ2v) is 9.78. The van der Waals surface area contributed by atoms with E-state index < -0.39 is 111 Å². The first-order valence-corrected chi connectivity index (χ1v) is 12.2. The molecule has 0 bridgehead atoms. The van der Waals surface area contributed by atoms with Gasteiger partial charge in [0.05, 0.1) is 25.9 Å². The van der Waals surface area contributed by atoms with Crippen LogP contribution in [0.3, 0.4) is 0 Å². The van der Waals surface area contributed by atoms with Crippen LogP contribution in [0.25, 0.3) is 0 Å². The molecule has 0 saturated carbocycles. The fourth-order valence-corrected chi connectivity index (χ4v) is 4.66. The Kier molecular flexibility index (Phi) is 9.92. The maximum absolute atomic E-state index is 10.8. The lowest BCUT2D eigenvalue weighted by Crippen LogP contribution is -2.64. The highest BCUT2D eigenvalue weighted by atomic mass is 16.8. The minimum absolute atomic E-state index is 0.345. The van der Waals surface area contributed by atoms with Crippen molar-refractivity contribution >= 4 is 0 Å². The molecule has 4 saturated heterocycles. The molecule has 0 spiro atoms. The Hall–Kier alpha value is -0.680. The predicted octanol–water partition coefficient (Wildman–Crippen LogP) is -6.80. The van der Waals surface area contributed by atoms with E-state index in [0.717, 1.165) is 0 Å². The van der Waals surface area contributed by atoms with E-state index in [4.69, 9.17) is 33.2 Å². The lowest BCUT2D eigenvalue weighted by atomic mass is 9.98. The summed E-state index contributed by atoms with van der Waals surface area (Å²) in [5.74, 6) is 0. The van der Waals surface area contributed by atoms with Crippen LogP contribution in [0.5, 0.6) is 0 Å². The molecule has 222 valence electrons. The van der Waals surface area contributed by atoms with Crippen LogP contribution >= 0.6 is 0 Å². The van der Waals surface area contributed by atoms with Gasteiger partial charge in [0.1, 0.15) is 73.2 Å². The SMILES string of the molecule is C[C@@H]1O[C@@H](O[C@@H]2[C@@H](O)[C@H](O)CO[C@H]2O)[C@H](O)[C@H](O)[C@H]1O[C@@H]1OC[C@H](O)[C@H](O[C@@H]2OC[C@@H](O)[C@H](O)[C@H]2O)[C@H]1O. The monoisotopic (exact) mass is 560 g/mol. The first kappa shape index (κ1) is 30.3. The van der Waals surface area contributed by atoms with Gasteiger partial charge in [-0.2, -0.15) is 0 Å². The summed E-state index contributed by atoms with van der Waals surface area (Å²) in [6, 6.07) is 0. The van der Waals surface area contributed by atoms with Crippen molar-refractivity contribution < 1.29 is 84.2 Å². The summed E-state index contributed by atoms with van der Waals surface area (Å²) in [6.45, 7) is 0.309. The summed E-state index contributed by atoms with van der Waals surface area (Å²) >= 11 is 0. The molecule has 38 heavy (non-hydrogen) atoms. The summed E-state index contributed by atoms with van der Waals surface area (Å²) in [7, 11) is 0. The largest absolute Gasteiger partial charge is 0.388 e. The van der Waals surface area contributed by atoms with E-state index in [2.05, 4.69) is 0 Å². The molecule has 4 aliphatic heterocycles. The first-order chi connectivity index (χ1) is 17.9. The van der Waals surface area contributed by atoms with Crippen molar-refractivity contribution in [2.24, 2.45) is 0 Å². The number of hydrogen-bond donors (Lipinski definition) is 10. The first-order valence-electron chi connectivity index (χ1n) is 12.2. The van der Waals surface area contributed by atoms with Gasteiger partial charge < -0.3 is 84.2 Å². The molecule has 0 aromatic heterocycles. The normalized spacial score (nSPS) is 54.6. The Morgan fingerprint density at radius 2 is 0.974 bits per heavy atom. The summed E-state index contributed by atoms with van der Waals surface area (Å²) < 4.78 is 37.5. The van der Waals surface area contributed by atoms with Crippen LogP contribution in [0.1, 0.15) is 6.92 Å². The topological polar surface area (TPSA) is 267 Å². The van der Waals surface area contributed by atoms with Crippen LogP contribution < -0.4 is 0 Å². The van der Waals surface area contributed by atoms with Crippen molar-refractivity contribution in [3.8, 4) is 0 Å². The minimum atomic E-state index is -1.79. The van der Waals surface area contributed by atoms with Crippen molar-refractivity contribution in [2.75, 3.05) is 19.8 Å². The molecule has 4 heterocycles. The van der Waals surface area contributed by atoms with Crippen LogP contribution in [-0.4, -0.2) is 175 Å². The van der Waals surface area contributed by atoms with Crippen molar-refractivity contribution in [3.05, 3.63) is 0 Å². The van der Waals surface area contributed by atoms with Gasteiger partial charge in [-0.05, 0) is 6.92 Å². The third-order valence-electron chi connectivity index (χ3n) is 6.98. The Morgan fingerprint density at radius 3 is 1.66 bits per heavy atom. The zero-order valence-electron chi connectivity index (χ0n) is 20.3. The zero-order valence-corrected chi connectivity index (χ0v) is 20.3. The van der Waals surface area contributed by atoms with Crippen molar-refractivity contribution in [2.45, 2.75) is 111 Å². The fraction of sp³-hybridized carbons (Fsp3) is 1.00. The van der Waals surface area contributed by atoms with Gasteiger partial charge in [0.25, 0.3) is 0 Å². The molecule has 0 unspecified atom stereocenters. The molecule has 0 aromatic carbocycles. The third-order valence-corrected chi connectivity index (χ3v) is 6.98. The molecule has 17 atom stereocenters. The highest BCUT2D eigenvalue weighted by Crippen LogP contribution is 2.31. The van der Waals surface area contributed by atoms with E-state index in [-0.39, 0.29) is 13.2 Å². The molecule has 0 radical (unpaired) electrons. The Bertz CT molecular complexity index is 761. The van der Waals surface area contributed by atoms with Crippen LogP contribution in [0.2, 0.25) is 0 Å². The number of aliphatic hydroxyl groups excluding tert-OH is 10. The van der Waals surface area contributed by atoms with E-state index in [9.17, 15) is 51.1 Å².